The van der Waals surface area contributed by atoms with Gasteiger partial charge in [-0.1, -0.05) is 6.92 Å². The van der Waals surface area contributed by atoms with E-state index in [1.165, 1.54) is 37.4 Å². The van der Waals surface area contributed by atoms with Gasteiger partial charge in [0.05, 0.1) is 39.9 Å². The Kier molecular flexibility index (Phi) is 7.45. The summed E-state index contributed by atoms with van der Waals surface area (Å²) in [6.07, 6.45) is -0.903. The molecule has 2 aromatic heterocycles. The highest BCUT2D eigenvalue weighted by Crippen LogP contribution is 2.41. The van der Waals surface area contributed by atoms with Crippen LogP contribution in [0.2, 0.25) is 0 Å². The lowest BCUT2D eigenvalue weighted by Gasteiger charge is -2.33. The molecule has 0 bridgehead atoms. The second-order valence-corrected chi connectivity index (χ2v) is 12.6. The van der Waals surface area contributed by atoms with E-state index in [9.17, 15) is 26.4 Å². The Hall–Kier alpha value is -2.99. The number of benzene rings is 1. The number of fused-ring (bicyclic) bond motifs is 1. The first-order chi connectivity index (χ1) is 18.5. The van der Waals surface area contributed by atoms with Crippen LogP contribution in [-0.4, -0.2) is 53.8 Å². The molecular formula is C27H30F4N4O3S. The molecule has 7 nitrogen and oxygen atoms in total. The molecule has 5 rings (SSSR count). The number of carbonyl (C=O) groups excluding carboxylic acids is 1. The lowest BCUT2D eigenvalue weighted by Crippen LogP contribution is -2.38. The third-order valence-corrected chi connectivity index (χ3v) is 9.29. The predicted molar refractivity (Wildman–Crippen MR) is 137 cm³/mol. The number of nitrogens with one attached hydrogen (secondary N) is 1. The molecule has 1 saturated carbocycles. The molecule has 0 spiro atoms. The molecule has 1 aliphatic heterocycles. The second-order valence-electron chi connectivity index (χ2n) is 10.3. The van der Waals surface area contributed by atoms with Gasteiger partial charge in [-0.3, -0.25) is 14.7 Å². The first-order valence-corrected chi connectivity index (χ1v) is 14.7. The van der Waals surface area contributed by atoms with Crippen LogP contribution in [0.5, 0.6) is 0 Å². The van der Waals surface area contributed by atoms with E-state index in [1.807, 2.05) is 11.0 Å². The number of halogens is 4. The number of pyridine rings is 1. The lowest BCUT2D eigenvalue weighted by atomic mass is 9.96. The molecular weight excluding hydrogens is 536 g/mol. The van der Waals surface area contributed by atoms with Gasteiger partial charge < -0.3 is 9.88 Å². The van der Waals surface area contributed by atoms with E-state index in [1.54, 1.807) is 0 Å². The Morgan fingerprint density at radius 3 is 2.41 bits per heavy atom. The van der Waals surface area contributed by atoms with E-state index in [0.29, 0.717) is 36.2 Å². The molecule has 0 radical (unpaired) electrons. The zero-order valence-electron chi connectivity index (χ0n) is 21.5. The number of nitrogens with zero attached hydrogens (tertiary/aromatic N) is 3. The normalized spacial score (nSPS) is 17.6. The van der Waals surface area contributed by atoms with Gasteiger partial charge in [-0.25, -0.2) is 12.8 Å². The number of hydrogen-bond acceptors (Lipinski definition) is 5. The average Bonchev–Trinajstić information content (AvgIpc) is 3.68. The molecule has 0 atom stereocenters. The maximum atomic E-state index is 15.1. The van der Waals surface area contributed by atoms with E-state index < -0.39 is 33.7 Å². The predicted octanol–water partition coefficient (Wildman–Crippen LogP) is 5.01. The fraction of sp³-hybridized carbons (Fsp3) is 0.481. The van der Waals surface area contributed by atoms with Gasteiger partial charge >= 0.3 is 6.18 Å². The summed E-state index contributed by atoms with van der Waals surface area (Å²) in [6.45, 7) is 2.69. The second kappa shape index (κ2) is 10.5. The molecule has 3 aromatic rings. The van der Waals surface area contributed by atoms with Gasteiger partial charge in [-0.2, -0.15) is 13.2 Å². The van der Waals surface area contributed by atoms with Gasteiger partial charge in [-0.05, 0) is 69.1 Å². The molecule has 1 aliphatic carbocycles. The molecule has 0 unspecified atom stereocenters. The third kappa shape index (κ3) is 5.96. The van der Waals surface area contributed by atoms with Crippen LogP contribution >= 0.6 is 0 Å². The summed E-state index contributed by atoms with van der Waals surface area (Å²) < 4.78 is 80.3. The van der Waals surface area contributed by atoms with Crippen LogP contribution < -0.4 is 5.32 Å². The number of amides is 1. The van der Waals surface area contributed by atoms with Crippen molar-refractivity contribution in [1.82, 2.24) is 19.8 Å². The summed E-state index contributed by atoms with van der Waals surface area (Å²) in [4.78, 5) is 19.0. The Balaban J connectivity index is 1.31. The Morgan fingerprint density at radius 1 is 1.10 bits per heavy atom. The Bertz CT molecular complexity index is 1470. The van der Waals surface area contributed by atoms with Gasteiger partial charge in [-0.15, -0.1) is 0 Å². The molecule has 39 heavy (non-hydrogen) atoms. The van der Waals surface area contributed by atoms with Gasteiger partial charge in [0.25, 0.3) is 5.91 Å². The van der Waals surface area contributed by atoms with Crippen molar-refractivity contribution in [2.75, 3.05) is 18.8 Å². The van der Waals surface area contributed by atoms with E-state index in [-0.39, 0.29) is 41.6 Å². The molecule has 2 fully saturated rings. The van der Waals surface area contributed by atoms with Gasteiger partial charge in [0.15, 0.2) is 9.84 Å². The zero-order chi connectivity index (χ0) is 27.9. The number of likely N-dealkylation sites (tertiary alicyclic amines) is 1. The maximum Gasteiger partial charge on any atom is 0.391 e. The SMILES string of the molecule is CCS(=O)(=O)c1ccc(CNC(=O)c2cc3cc(CN4CCC(C(F)(F)F)CC4)n(C4CC4)c3cc2F)nc1. The largest absolute Gasteiger partial charge is 0.391 e. The fourth-order valence-corrected chi connectivity index (χ4v) is 5.97. The number of alkyl halides is 3. The van der Waals surface area contributed by atoms with Crippen molar-refractivity contribution in [3.63, 3.8) is 0 Å². The van der Waals surface area contributed by atoms with Crippen LogP contribution in [0.15, 0.2) is 41.4 Å². The highest BCUT2D eigenvalue weighted by Gasteiger charge is 2.41. The van der Waals surface area contributed by atoms with Gasteiger partial charge in [0.2, 0.25) is 0 Å². The summed E-state index contributed by atoms with van der Waals surface area (Å²) >= 11 is 0. The summed E-state index contributed by atoms with van der Waals surface area (Å²) in [7, 11) is -3.39. The van der Waals surface area contributed by atoms with Crippen LogP contribution in [0.3, 0.4) is 0 Å². The van der Waals surface area contributed by atoms with E-state index in [2.05, 4.69) is 14.9 Å². The summed E-state index contributed by atoms with van der Waals surface area (Å²) in [6, 6.07) is 7.90. The molecule has 12 heteroatoms. The van der Waals surface area contributed by atoms with E-state index >= 15 is 4.39 Å². The van der Waals surface area contributed by atoms with Crippen LogP contribution in [0.25, 0.3) is 10.9 Å². The molecule has 3 heterocycles. The molecule has 1 saturated heterocycles. The monoisotopic (exact) mass is 566 g/mol. The highest BCUT2D eigenvalue weighted by atomic mass is 32.2. The zero-order valence-corrected chi connectivity index (χ0v) is 22.3. The van der Waals surface area contributed by atoms with Crippen LogP contribution in [0.1, 0.15) is 60.4 Å². The first kappa shape index (κ1) is 27.6. The highest BCUT2D eigenvalue weighted by molar-refractivity contribution is 7.91. The number of rotatable bonds is 8. The molecule has 1 N–H and O–H groups in total. The van der Waals surface area contributed by atoms with Crippen molar-refractivity contribution in [3.8, 4) is 0 Å². The smallest absolute Gasteiger partial charge is 0.346 e. The summed E-state index contributed by atoms with van der Waals surface area (Å²) in [5, 5.41) is 3.33. The number of piperidine rings is 1. The number of carbonyl (C=O) groups is 1. The average molecular weight is 567 g/mol. The van der Waals surface area contributed by atoms with Crippen molar-refractivity contribution in [2.45, 2.75) is 62.8 Å². The van der Waals surface area contributed by atoms with E-state index in [4.69, 9.17) is 0 Å². The summed E-state index contributed by atoms with van der Waals surface area (Å²) in [5.41, 5.74) is 1.87. The topological polar surface area (TPSA) is 84.3 Å². The minimum Gasteiger partial charge on any atom is -0.346 e. The summed E-state index contributed by atoms with van der Waals surface area (Å²) in [5.74, 6) is -2.62. The van der Waals surface area contributed by atoms with Crippen LogP contribution in [-0.2, 0) is 22.9 Å². The molecule has 1 amide bonds. The van der Waals surface area contributed by atoms with E-state index in [0.717, 1.165) is 18.5 Å². The number of aromatic nitrogens is 2. The van der Waals surface area contributed by atoms with Gasteiger partial charge in [0, 0.05) is 29.9 Å². The minimum atomic E-state index is -4.17. The maximum absolute atomic E-state index is 15.1. The van der Waals surface area contributed by atoms with Crippen molar-refractivity contribution >= 4 is 26.6 Å². The standard InChI is InChI=1S/C27H30F4N4O3S/c1-2-39(37,38)22-6-3-19(32-15-22)14-33-26(36)23-12-17-11-21(35(20-4-5-20)25(17)13-24(23)28)16-34-9-7-18(8-10-34)27(29,30)31/h3,6,11-13,15,18,20H,2,4-5,7-10,14,16H2,1H3,(H,33,36). The molecule has 210 valence electrons. The molecule has 2 aliphatic rings. The third-order valence-electron chi connectivity index (χ3n) is 7.57. The van der Waals surface area contributed by atoms with Crippen molar-refractivity contribution in [1.29, 1.82) is 0 Å². The first-order valence-electron chi connectivity index (χ1n) is 13.0. The van der Waals surface area contributed by atoms with Crippen molar-refractivity contribution in [3.05, 3.63) is 59.3 Å². The lowest BCUT2D eigenvalue weighted by molar-refractivity contribution is -0.185. The van der Waals surface area contributed by atoms with Crippen LogP contribution in [0, 0.1) is 11.7 Å². The van der Waals surface area contributed by atoms with Crippen LogP contribution in [0.4, 0.5) is 17.6 Å². The van der Waals surface area contributed by atoms with Gasteiger partial charge in [0.1, 0.15) is 5.82 Å². The van der Waals surface area contributed by atoms with Crippen molar-refractivity contribution in [2.24, 2.45) is 5.92 Å². The number of hydrogen-bond donors (Lipinski definition) is 1. The fourth-order valence-electron chi connectivity index (χ4n) is 5.15. The minimum absolute atomic E-state index is 0.00895. The Labute approximate surface area is 224 Å². The molecule has 1 aromatic carbocycles. The quantitative estimate of drug-likeness (QED) is 0.388. The Morgan fingerprint density at radius 2 is 1.82 bits per heavy atom. The van der Waals surface area contributed by atoms with Crippen molar-refractivity contribution < 1.29 is 30.8 Å². The number of sulfone groups is 1.